The van der Waals surface area contributed by atoms with Gasteiger partial charge in [0, 0.05) is 19.3 Å². The first kappa shape index (κ1) is 50.1. The Morgan fingerprint density at radius 1 is 0.558 bits per heavy atom. The fourth-order valence-corrected chi connectivity index (χ4v) is 6.50. The molecule has 0 aliphatic carbocycles. The first-order chi connectivity index (χ1) is 25.1. The van der Waals surface area contributed by atoms with E-state index in [1.807, 2.05) is 6.08 Å². The third kappa shape index (κ3) is 33.9. The van der Waals surface area contributed by atoms with Crippen LogP contribution < -0.4 is 5.11 Å². The largest absolute Gasteiger partial charge is 0.544 e. The number of carboxylic acids is 1. The minimum Gasteiger partial charge on any atom is -0.544 e. The summed E-state index contributed by atoms with van der Waals surface area (Å²) in [4.78, 5) is 36.6. The van der Waals surface area contributed by atoms with Gasteiger partial charge in [-0.2, -0.15) is 0 Å². The van der Waals surface area contributed by atoms with Crippen LogP contribution in [0.4, 0.5) is 0 Å². The number of ether oxygens (including phenoxy) is 3. The van der Waals surface area contributed by atoms with E-state index in [9.17, 15) is 19.5 Å². The van der Waals surface area contributed by atoms with Crippen molar-refractivity contribution in [3.63, 3.8) is 0 Å². The molecular weight excluding hydrogens is 654 g/mol. The molecule has 0 aromatic carbocycles. The zero-order valence-corrected chi connectivity index (χ0v) is 34.7. The molecule has 0 amide bonds. The van der Waals surface area contributed by atoms with Crippen LogP contribution in [0, 0.1) is 0 Å². The van der Waals surface area contributed by atoms with Gasteiger partial charge in [-0.25, -0.2) is 0 Å². The van der Waals surface area contributed by atoms with E-state index in [0.29, 0.717) is 12.8 Å². The minimum absolute atomic E-state index is 0.0343. The number of hydrogen-bond donors (Lipinski definition) is 0. The molecule has 0 spiro atoms. The molecule has 0 bridgehead atoms. The fraction of sp³-hybridized carbons (Fsp3) is 0.886. The summed E-state index contributed by atoms with van der Waals surface area (Å²) in [5.41, 5.74) is 0. The van der Waals surface area contributed by atoms with Gasteiger partial charge in [0.25, 0.3) is 0 Å². The summed E-state index contributed by atoms with van der Waals surface area (Å²) in [7, 11) is 5.39. The molecular formula is C44H83NO7. The Balaban J connectivity index is 4.15. The molecule has 0 saturated carbocycles. The Kier molecular flexibility index (Phi) is 34.7. The standard InChI is InChI=1S/C44H83NO7/c1-6-8-10-12-14-15-16-17-18-19-20-21-22-23-24-25-26-27-29-31-33-35-43(47)52-40(38-50-37-36-41(44(48)49)45(3,4)5)39-51-42(46)34-32-30-28-13-11-9-7-2/h28,30,40-41H,6-27,29,31-39H2,1-5H3/b30-28+. The van der Waals surface area contributed by atoms with Gasteiger partial charge in [-0.15, -0.1) is 0 Å². The van der Waals surface area contributed by atoms with Gasteiger partial charge in [-0.3, -0.25) is 9.59 Å². The number of likely N-dealkylation sites (N-methyl/N-ethyl adjacent to an activating group) is 1. The summed E-state index contributed by atoms with van der Waals surface area (Å²) >= 11 is 0. The molecule has 0 aliphatic heterocycles. The van der Waals surface area contributed by atoms with Crippen molar-refractivity contribution in [1.29, 1.82) is 0 Å². The Labute approximate surface area is 320 Å². The van der Waals surface area contributed by atoms with Crippen molar-refractivity contribution in [2.75, 3.05) is 41.0 Å². The Bertz CT molecular complexity index is 869. The van der Waals surface area contributed by atoms with E-state index in [0.717, 1.165) is 32.1 Å². The average Bonchev–Trinajstić information content (AvgIpc) is 3.09. The Morgan fingerprint density at radius 2 is 1.00 bits per heavy atom. The highest BCUT2D eigenvalue weighted by atomic mass is 16.6. The number of esters is 2. The number of carboxylic acid groups (broad SMARTS) is 1. The van der Waals surface area contributed by atoms with E-state index in [2.05, 4.69) is 19.9 Å². The van der Waals surface area contributed by atoms with Crippen LogP contribution in [0.3, 0.4) is 0 Å². The lowest BCUT2D eigenvalue weighted by atomic mass is 10.0. The monoisotopic (exact) mass is 738 g/mol. The Hall–Kier alpha value is -1.93. The van der Waals surface area contributed by atoms with E-state index >= 15 is 0 Å². The van der Waals surface area contributed by atoms with E-state index in [-0.39, 0.29) is 49.1 Å². The highest BCUT2D eigenvalue weighted by Crippen LogP contribution is 2.16. The lowest BCUT2D eigenvalue weighted by molar-refractivity contribution is -0.889. The van der Waals surface area contributed by atoms with Crippen molar-refractivity contribution >= 4 is 17.9 Å². The second-order valence-corrected chi connectivity index (χ2v) is 15.9. The lowest BCUT2D eigenvalue weighted by Gasteiger charge is -2.34. The molecule has 2 atom stereocenters. The van der Waals surface area contributed by atoms with Crippen molar-refractivity contribution in [3.05, 3.63) is 12.2 Å². The first-order valence-corrected chi connectivity index (χ1v) is 21.7. The molecule has 0 radical (unpaired) electrons. The number of unbranched alkanes of at least 4 members (excludes halogenated alkanes) is 23. The molecule has 0 aromatic rings. The normalized spacial score (nSPS) is 13.0. The van der Waals surface area contributed by atoms with E-state index in [1.54, 1.807) is 21.1 Å². The van der Waals surface area contributed by atoms with Crippen molar-refractivity contribution < 1.29 is 38.2 Å². The number of aliphatic carboxylic acids is 1. The maximum absolute atomic E-state index is 12.7. The van der Waals surface area contributed by atoms with Crippen LogP contribution in [-0.2, 0) is 28.6 Å². The van der Waals surface area contributed by atoms with Crippen LogP contribution >= 0.6 is 0 Å². The third-order valence-electron chi connectivity index (χ3n) is 9.92. The topological polar surface area (TPSA) is 102 Å². The van der Waals surface area contributed by atoms with E-state index in [1.165, 1.54) is 128 Å². The van der Waals surface area contributed by atoms with Gasteiger partial charge in [0.2, 0.25) is 0 Å². The van der Waals surface area contributed by atoms with Gasteiger partial charge in [-0.1, -0.05) is 167 Å². The average molecular weight is 738 g/mol. The second-order valence-electron chi connectivity index (χ2n) is 15.9. The maximum Gasteiger partial charge on any atom is 0.306 e. The highest BCUT2D eigenvalue weighted by Gasteiger charge is 2.25. The number of carbonyl (C=O) groups is 3. The SMILES string of the molecule is CCCCC/C=C/CCC(=O)OCC(COCCC(C(=O)[O-])[N+](C)(C)C)OC(=O)CCCCCCCCCCCCCCCCCCCCCCC. The summed E-state index contributed by atoms with van der Waals surface area (Å²) in [5, 5.41) is 11.6. The number of rotatable bonds is 39. The zero-order chi connectivity index (χ0) is 38.5. The van der Waals surface area contributed by atoms with Crippen molar-refractivity contribution in [2.24, 2.45) is 0 Å². The zero-order valence-electron chi connectivity index (χ0n) is 34.7. The fourth-order valence-electron chi connectivity index (χ4n) is 6.50. The number of carbonyl (C=O) groups excluding carboxylic acids is 3. The van der Waals surface area contributed by atoms with Gasteiger partial charge in [0.05, 0.1) is 40.3 Å². The summed E-state index contributed by atoms with van der Waals surface area (Å²) in [6, 6.07) is -0.724. The van der Waals surface area contributed by atoms with E-state index in [4.69, 9.17) is 14.2 Å². The van der Waals surface area contributed by atoms with Crippen LogP contribution in [0.25, 0.3) is 0 Å². The molecule has 0 N–H and O–H groups in total. The van der Waals surface area contributed by atoms with Crippen molar-refractivity contribution in [3.8, 4) is 0 Å². The molecule has 8 heteroatoms. The van der Waals surface area contributed by atoms with Gasteiger partial charge in [-0.05, 0) is 25.7 Å². The molecule has 52 heavy (non-hydrogen) atoms. The summed E-state index contributed by atoms with van der Waals surface area (Å²) in [5.74, 6) is -1.79. The number of quaternary nitrogens is 1. The molecule has 306 valence electrons. The van der Waals surface area contributed by atoms with E-state index < -0.39 is 18.1 Å². The molecule has 0 fully saturated rings. The number of nitrogens with zero attached hydrogens (tertiary/aromatic N) is 1. The summed E-state index contributed by atoms with van der Waals surface area (Å²) in [6.07, 6.45) is 37.0. The predicted octanol–water partition coefficient (Wildman–Crippen LogP) is 10.2. The van der Waals surface area contributed by atoms with Crippen molar-refractivity contribution in [2.45, 2.75) is 212 Å². The van der Waals surface area contributed by atoms with Crippen LogP contribution in [0.1, 0.15) is 200 Å². The van der Waals surface area contributed by atoms with Crippen LogP contribution in [0.5, 0.6) is 0 Å². The predicted molar refractivity (Wildman–Crippen MR) is 213 cm³/mol. The minimum atomic E-state index is -1.13. The summed E-state index contributed by atoms with van der Waals surface area (Å²) < 4.78 is 17.0. The number of allylic oxidation sites excluding steroid dienone is 2. The molecule has 0 aliphatic rings. The molecule has 8 nitrogen and oxygen atoms in total. The smallest absolute Gasteiger partial charge is 0.306 e. The van der Waals surface area contributed by atoms with Gasteiger partial charge >= 0.3 is 11.9 Å². The van der Waals surface area contributed by atoms with Crippen LogP contribution in [-0.4, -0.2) is 75.5 Å². The highest BCUT2D eigenvalue weighted by molar-refractivity contribution is 5.70. The van der Waals surface area contributed by atoms with Gasteiger partial charge < -0.3 is 28.6 Å². The molecule has 0 saturated heterocycles. The van der Waals surface area contributed by atoms with Gasteiger partial charge in [0.1, 0.15) is 12.6 Å². The molecule has 2 unspecified atom stereocenters. The first-order valence-electron chi connectivity index (χ1n) is 21.7. The van der Waals surface area contributed by atoms with Gasteiger partial charge in [0.15, 0.2) is 6.10 Å². The van der Waals surface area contributed by atoms with Crippen LogP contribution in [0.2, 0.25) is 0 Å². The molecule has 0 heterocycles. The van der Waals surface area contributed by atoms with Crippen LogP contribution in [0.15, 0.2) is 12.2 Å². The maximum atomic E-state index is 12.7. The molecule has 0 aromatic heterocycles. The van der Waals surface area contributed by atoms with Crippen molar-refractivity contribution in [1.82, 2.24) is 0 Å². The molecule has 0 rings (SSSR count). The second kappa shape index (κ2) is 36.1. The lowest BCUT2D eigenvalue weighted by Crippen LogP contribution is -2.55. The Morgan fingerprint density at radius 3 is 1.46 bits per heavy atom. The summed E-state index contributed by atoms with van der Waals surface area (Å²) in [6.45, 7) is 4.58. The third-order valence-corrected chi connectivity index (χ3v) is 9.92. The quantitative estimate of drug-likeness (QED) is 0.0268. The number of hydrogen-bond acceptors (Lipinski definition) is 7.